The first-order valence-electron chi connectivity index (χ1n) is 10.6. The van der Waals surface area contributed by atoms with Gasteiger partial charge in [0.2, 0.25) is 5.91 Å². The van der Waals surface area contributed by atoms with Gasteiger partial charge in [0.05, 0.1) is 0 Å². The molecule has 150 valence electrons. The van der Waals surface area contributed by atoms with Crippen LogP contribution in [-0.4, -0.2) is 75.0 Å². The van der Waals surface area contributed by atoms with Gasteiger partial charge in [-0.1, -0.05) is 12.8 Å². The standard InChI is InChI=1S/C20H39N5O/c1-21-19(26)17-18-9-15-25(16-10-18)20(22-2)23-11-5-3-6-12-24-13-7-4-8-14-24/h18H,3-17H2,1-2H3,(H,21,26)(H,22,23). The van der Waals surface area contributed by atoms with E-state index in [-0.39, 0.29) is 5.91 Å². The molecule has 26 heavy (non-hydrogen) atoms. The minimum atomic E-state index is 0.163. The fourth-order valence-electron chi connectivity index (χ4n) is 4.07. The summed E-state index contributed by atoms with van der Waals surface area (Å²) in [7, 11) is 3.59. The van der Waals surface area contributed by atoms with Gasteiger partial charge in [0.1, 0.15) is 0 Å². The molecule has 1 amide bonds. The molecule has 6 heteroatoms. The summed E-state index contributed by atoms with van der Waals surface area (Å²) in [5.74, 6) is 1.70. The molecule has 2 fully saturated rings. The molecule has 2 rings (SSSR count). The zero-order valence-corrected chi connectivity index (χ0v) is 16.9. The van der Waals surface area contributed by atoms with Gasteiger partial charge in [-0.15, -0.1) is 0 Å². The van der Waals surface area contributed by atoms with Gasteiger partial charge in [-0.05, 0) is 64.1 Å². The topological polar surface area (TPSA) is 60.0 Å². The van der Waals surface area contributed by atoms with E-state index in [9.17, 15) is 4.79 Å². The highest BCUT2D eigenvalue weighted by atomic mass is 16.1. The van der Waals surface area contributed by atoms with Crippen LogP contribution in [0.1, 0.15) is 57.8 Å². The van der Waals surface area contributed by atoms with Crippen molar-refractivity contribution in [2.24, 2.45) is 10.9 Å². The lowest BCUT2D eigenvalue weighted by Crippen LogP contribution is -2.46. The number of nitrogens with zero attached hydrogens (tertiary/aromatic N) is 3. The quantitative estimate of drug-likeness (QED) is 0.393. The SMILES string of the molecule is CN=C(NCCCCCN1CCCCC1)N1CCC(CC(=O)NC)CC1. The third-order valence-corrected chi connectivity index (χ3v) is 5.76. The maximum absolute atomic E-state index is 11.5. The highest BCUT2D eigenvalue weighted by molar-refractivity contribution is 5.80. The molecule has 0 radical (unpaired) electrons. The Kier molecular flexibility index (Phi) is 9.82. The fraction of sp³-hybridized carbons (Fsp3) is 0.900. The molecule has 0 aromatic heterocycles. The van der Waals surface area contributed by atoms with Crippen molar-refractivity contribution in [2.45, 2.75) is 57.8 Å². The summed E-state index contributed by atoms with van der Waals surface area (Å²) in [5.41, 5.74) is 0. The van der Waals surface area contributed by atoms with Crippen molar-refractivity contribution in [2.75, 3.05) is 53.4 Å². The van der Waals surface area contributed by atoms with Crippen molar-refractivity contribution in [3.05, 3.63) is 0 Å². The molecule has 0 bridgehead atoms. The molecule has 2 heterocycles. The molecule has 0 spiro atoms. The van der Waals surface area contributed by atoms with Crippen LogP contribution in [0.4, 0.5) is 0 Å². The molecule has 0 saturated carbocycles. The van der Waals surface area contributed by atoms with Crippen LogP contribution < -0.4 is 10.6 Å². The predicted octanol–water partition coefficient (Wildman–Crippen LogP) is 2.07. The number of hydrogen-bond acceptors (Lipinski definition) is 3. The summed E-state index contributed by atoms with van der Waals surface area (Å²) in [6.45, 7) is 6.88. The summed E-state index contributed by atoms with van der Waals surface area (Å²) in [6.07, 6.45) is 10.8. The van der Waals surface area contributed by atoms with E-state index in [4.69, 9.17) is 0 Å². The number of hydrogen-bond donors (Lipinski definition) is 2. The molecule has 0 aromatic carbocycles. The van der Waals surface area contributed by atoms with Crippen molar-refractivity contribution in [1.82, 2.24) is 20.4 Å². The van der Waals surface area contributed by atoms with Gasteiger partial charge in [0.25, 0.3) is 0 Å². The van der Waals surface area contributed by atoms with Gasteiger partial charge >= 0.3 is 0 Å². The highest BCUT2D eigenvalue weighted by Crippen LogP contribution is 2.20. The van der Waals surface area contributed by atoms with E-state index in [0.29, 0.717) is 12.3 Å². The third-order valence-electron chi connectivity index (χ3n) is 5.76. The van der Waals surface area contributed by atoms with Gasteiger partial charge in [-0.2, -0.15) is 0 Å². The number of nitrogens with one attached hydrogen (secondary N) is 2. The Balaban J connectivity index is 1.54. The van der Waals surface area contributed by atoms with Crippen LogP contribution in [0.3, 0.4) is 0 Å². The number of unbranched alkanes of at least 4 members (excludes halogenated alkanes) is 2. The number of rotatable bonds is 8. The zero-order valence-electron chi connectivity index (χ0n) is 16.9. The van der Waals surface area contributed by atoms with E-state index in [1.54, 1.807) is 7.05 Å². The largest absolute Gasteiger partial charge is 0.359 e. The van der Waals surface area contributed by atoms with Crippen LogP contribution >= 0.6 is 0 Å². The van der Waals surface area contributed by atoms with E-state index in [0.717, 1.165) is 38.4 Å². The minimum Gasteiger partial charge on any atom is -0.359 e. The molecule has 2 N–H and O–H groups in total. The van der Waals surface area contributed by atoms with E-state index < -0.39 is 0 Å². The fourth-order valence-corrected chi connectivity index (χ4v) is 4.07. The van der Waals surface area contributed by atoms with Gasteiger partial charge < -0.3 is 20.4 Å². The Morgan fingerprint density at radius 1 is 1.04 bits per heavy atom. The number of piperidine rings is 2. The van der Waals surface area contributed by atoms with Crippen molar-refractivity contribution in [3.8, 4) is 0 Å². The number of guanidine groups is 1. The molecular formula is C20H39N5O. The van der Waals surface area contributed by atoms with Crippen molar-refractivity contribution in [1.29, 1.82) is 0 Å². The number of aliphatic imine (C=N–C) groups is 1. The third kappa shape index (κ3) is 7.52. The second kappa shape index (κ2) is 12.2. The first-order valence-corrected chi connectivity index (χ1v) is 10.6. The highest BCUT2D eigenvalue weighted by Gasteiger charge is 2.22. The summed E-state index contributed by atoms with van der Waals surface area (Å²) in [4.78, 5) is 20.9. The van der Waals surface area contributed by atoms with Gasteiger partial charge in [-0.25, -0.2) is 0 Å². The molecular weight excluding hydrogens is 326 g/mol. The first-order chi connectivity index (χ1) is 12.7. The normalized spacial score (nSPS) is 20.2. The first kappa shape index (κ1) is 21.0. The number of carbonyl (C=O) groups excluding carboxylic acids is 1. The maximum Gasteiger partial charge on any atom is 0.220 e. The van der Waals surface area contributed by atoms with Crippen LogP contribution in [-0.2, 0) is 4.79 Å². The van der Waals surface area contributed by atoms with Crippen molar-refractivity contribution in [3.63, 3.8) is 0 Å². The van der Waals surface area contributed by atoms with Crippen LogP contribution in [0.5, 0.6) is 0 Å². The average molecular weight is 366 g/mol. The predicted molar refractivity (Wildman–Crippen MR) is 108 cm³/mol. The molecule has 2 aliphatic heterocycles. The smallest absolute Gasteiger partial charge is 0.220 e. The summed E-state index contributed by atoms with van der Waals surface area (Å²) >= 11 is 0. The molecule has 0 unspecified atom stereocenters. The zero-order chi connectivity index (χ0) is 18.6. The lowest BCUT2D eigenvalue weighted by Gasteiger charge is -2.34. The Bertz CT molecular complexity index is 426. The Morgan fingerprint density at radius 2 is 1.77 bits per heavy atom. The summed E-state index contributed by atoms with van der Waals surface area (Å²) in [6, 6.07) is 0. The van der Waals surface area contributed by atoms with E-state index in [1.165, 1.54) is 58.2 Å². The van der Waals surface area contributed by atoms with Crippen molar-refractivity contribution >= 4 is 11.9 Å². The van der Waals surface area contributed by atoms with Crippen LogP contribution in [0.2, 0.25) is 0 Å². The van der Waals surface area contributed by atoms with E-state index in [2.05, 4.69) is 25.4 Å². The average Bonchev–Trinajstić information content (AvgIpc) is 2.69. The van der Waals surface area contributed by atoms with Crippen molar-refractivity contribution < 1.29 is 4.79 Å². The molecule has 0 atom stereocenters. The molecule has 0 aliphatic carbocycles. The van der Waals surface area contributed by atoms with Gasteiger partial charge in [-0.3, -0.25) is 9.79 Å². The summed E-state index contributed by atoms with van der Waals surface area (Å²) < 4.78 is 0. The second-order valence-corrected chi connectivity index (χ2v) is 7.74. The molecule has 2 saturated heterocycles. The monoisotopic (exact) mass is 365 g/mol. The molecule has 0 aromatic rings. The van der Waals surface area contributed by atoms with Crippen LogP contribution in [0, 0.1) is 5.92 Å². The Hall–Kier alpha value is -1.30. The van der Waals surface area contributed by atoms with Crippen LogP contribution in [0.25, 0.3) is 0 Å². The van der Waals surface area contributed by atoms with E-state index in [1.807, 2.05) is 7.05 Å². The Morgan fingerprint density at radius 3 is 2.42 bits per heavy atom. The number of likely N-dealkylation sites (tertiary alicyclic amines) is 2. The maximum atomic E-state index is 11.5. The Labute approximate surface area is 159 Å². The van der Waals surface area contributed by atoms with Crippen LogP contribution in [0.15, 0.2) is 4.99 Å². The lowest BCUT2D eigenvalue weighted by molar-refractivity contribution is -0.121. The lowest BCUT2D eigenvalue weighted by atomic mass is 9.93. The number of amides is 1. The molecule has 6 nitrogen and oxygen atoms in total. The van der Waals surface area contributed by atoms with Gasteiger partial charge in [0, 0.05) is 40.2 Å². The molecule has 2 aliphatic rings. The summed E-state index contributed by atoms with van der Waals surface area (Å²) in [5, 5.41) is 6.26. The minimum absolute atomic E-state index is 0.163. The second-order valence-electron chi connectivity index (χ2n) is 7.74. The number of carbonyl (C=O) groups is 1. The van der Waals surface area contributed by atoms with Gasteiger partial charge in [0.15, 0.2) is 5.96 Å². The van der Waals surface area contributed by atoms with E-state index >= 15 is 0 Å².